The van der Waals surface area contributed by atoms with Gasteiger partial charge in [-0.3, -0.25) is 9.59 Å². The monoisotopic (exact) mass is 1170 g/mol. The van der Waals surface area contributed by atoms with E-state index >= 15 is 0 Å². The molecule has 0 aliphatic carbocycles. The Morgan fingerprint density at radius 1 is 0.446 bits per heavy atom. The summed E-state index contributed by atoms with van der Waals surface area (Å²) in [5.41, 5.74) is 0. The van der Waals surface area contributed by atoms with Crippen molar-refractivity contribution in [3.8, 4) is 0 Å². The quantitative estimate of drug-likeness (QED) is 0.0195. The highest BCUT2D eigenvalue weighted by atomic mass is 16.7. The first kappa shape index (κ1) is 78.6. The number of ether oxygens (including phenoxy) is 3. The van der Waals surface area contributed by atoms with Crippen molar-refractivity contribution in [2.75, 3.05) is 19.8 Å². The number of carbonyl (C=O) groups excluding carboxylic acids is 2. The lowest BCUT2D eigenvalue weighted by molar-refractivity contribution is -0.302. The van der Waals surface area contributed by atoms with E-state index in [-0.39, 0.29) is 18.5 Å². The van der Waals surface area contributed by atoms with Crippen LogP contribution in [0.25, 0.3) is 0 Å². The number of hydrogen-bond acceptors (Lipinski definition) is 10. The van der Waals surface area contributed by atoms with E-state index in [0.29, 0.717) is 19.4 Å². The van der Waals surface area contributed by atoms with Crippen LogP contribution in [0.3, 0.4) is 0 Å². The normalized spacial score (nSPS) is 18.4. The van der Waals surface area contributed by atoms with Crippen LogP contribution in [-0.4, -0.2) is 100 Å². The standard InChI is InChI=1S/C72H133NO10/c1-3-5-7-9-11-13-15-38-42-46-50-54-58-65(75)64(63-82-72-71(80)70(79)69(78)66(62-74)83-72)73-67(76)59-55-51-47-43-39-36-34-32-30-28-26-24-22-20-18-17-19-21-23-25-27-29-31-33-35-37-41-45-49-53-57-61-81-68(77)60-56-52-48-44-40-16-14-12-10-8-6-4-2/h12,14,19,21,25,27,54,58,64-66,69-72,74-75,78-80H,3-11,13,15-18,20,22-24,26,28-53,55-57,59-63H2,1-2H3,(H,73,76)/b14-12-,21-19-,27-25-,58-54+. The Morgan fingerprint density at radius 2 is 0.807 bits per heavy atom. The van der Waals surface area contributed by atoms with E-state index in [1.807, 2.05) is 6.08 Å². The van der Waals surface area contributed by atoms with Gasteiger partial charge in [0.15, 0.2) is 6.29 Å². The number of carbonyl (C=O) groups is 2. The molecular formula is C72H133NO10. The van der Waals surface area contributed by atoms with Crippen LogP contribution in [0, 0.1) is 0 Å². The second-order valence-corrected chi connectivity index (χ2v) is 24.6. The summed E-state index contributed by atoms with van der Waals surface area (Å²) in [6, 6.07) is -0.810. The van der Waals surface area contributed by atoms with Gasteiger partial charge in [0.1, 0.15) is 24.4 Å². The summed E-state index contributed by atoms with van der Waals surface area (Å²) in [4.78, 5) is 25.1. The minimum atomic E-state index is -1.57. The SMILES string of the molecule is CCCCC/C=C\CCCCCCCC(=O)OCCCCCCCCCCC/C=C\C/C=C\CCCCCCCCCCCCCCCCCC(=O)NC(COC1OC(CO)C(O)C(O)C1O)C(O)/C=C/CCCCCCCCCCCC. The van der Waals surface area contributed by atoms with Crippen LogP contribution < -0.4 is 5.32 Å². The zero-order chi connectivity index (χ0) is 60.2. The van der Waals surface area contributed by atoms with E-state index in [2.05, 4.69) is 55.6 Å². The summed E-state index contributed by atoms with van der Waals surface area (Å²) in [5.74, 6) is -0.185. The molecule has 0 aromatic carbocycles. The fourth-order valence-corrected chi connectivity index (χ4v) is 11.0. The third-order valence-electron chi connectivity index (χ3n) is 16.7. The maximum absolute atomic E-state index is 13.1. The maximum Gasteiger partial charge on any atom is 0.305 e. The van der Waals surface area contributed by atoms with Gasteiger partial charge in [0.2, 0.25) is 5.91 Å². The number of amides is 1. The van der Waals surface area contributed by atoms with Gasteiger partial charge in [0, 0.05) is 12.8 Å². The molecule has 0 saturated carbocycles. The van der Waals surface area contributed by atoms with Gasteiger partial charge in [0.25, 0.3) is 0 Å². The second-order valence-electron chi connectivity index (χ2n) is 24.6. The molecule has 11 nitrogen and oxygen atoms in total. The van der Waals surface area contributed by atoms with Crippen molar-refractivity contribution in [2.45, 2.75) is 378 Å². The highest BCUT2D eigenvalue weighted by Crippen LogP contribution is 2.23. The average Bonchev–Trinajstić information content (AvgIpc) is 3.57. The molecule has 0 bridgehead atoms. The molecule has 11 heteroatoms. The molecule has 1 saturated heterocycles. The Kier molecular flexibility index (Phi) is 58.0. The van der Waals surface area contributed by atoms with Crippen LogP contribution in [0.5, 0.6) is 0 Å². The Balaban J connectivity index is 1.97. The molecule has 1 heterocycles. The molecule has 1 rings (SSSR count). The Morgan fingerprint density at radius 3 is 1.25 bits per heavy atom. The van der Waals surface area contributed by atoms with Crippen molar-refractivity contribution in [1.82, 2.24) is 5.32 Å². The van der Waals surface area contributed by atoms with Crippen molar-refractivity contribution in [3.05, 3.63) is 48.6 Å². The van der Waals surface area contributed by atoms with Gasteiger partial charge in [-0.25, -0.2) is 0 Å². The fraction of sp³-hybridized carbons (Fsp3) is 0.861. The lowest BCUT2D eigenvalue weighted by Gasteiger charge is -2.40. The highest BCUT2D eigenvalue weighted by Gasteiger charge is 2.44. The molecule has 0 aromatic heterocycles. The summed E-state index contributed by atoms with van der Waals surface area (Å²) in [7, 11) is 0. The van der Waals surface area contributed by atoms with Gasteiger partial charge < -0.3 is 45.1 Å². The predicted octanol–water partition coefficient (Wildman–Crippen LogP) is 18.0. The topological polar surface area (TPSA) is 175 Å². The van der Waals surface area contributed by atoms with Gasteiger partial charge in [-0.15, -0.1) is 0 Å². The number of hydrogen-bond donors (Lipinski definition) is 6. The van der Waals surface area contributed by atoms with Crippen molar-refractivity contribution in [1.29, 1.82) is 0 Å². The minimum absolute atomic E-state index is 0.00495. The van der Waals surface area contributed by atoms with Gasteiger partial charge in [-0.2, -0.15) is 0 Å². The molecule has 1 amide bonds. The largest absolute Gasteiger partial charge is 0.466 e. The highest BCUT2D eigenvalue weighted by molar-refractivity contribution is 5.76. The smallest absolute Gasteiger partial charge is 0.305 e. The van der Waals surface area contributed by atoms with E-state index in [1.165, 1.54) is 244 Å². The zero-order valence-corrected chi connectivity index (χ0v) is 53.9. The number of esters is 1. The molecule has 83 heavy (non-hydrogen) atoms. The molecule has 1 aliphatic heterocycles. The number of aliphatic hydroxyl groups is 5. The first-order valence-corrected chi connectivity index (χ1v) is 35.4. The van der Waals surface area contributed by atoms with Crippen molar-refractivity contribution in [3.63, 3.8) is 0 Å². The van der Waals surface area contributed by atoms with Crippen LogP contribution in [0.15, 0.2) is 48.6 Å². The number of rotatable bonds is 62. The third-order valence-corrected chi connectivity index (χ3v) is 16.7. The van der Waals surface area contributed by atoms with Crippen LogP contribution >= 0.6 is 0 Å². The first-order chi connectivity index (χ1) is 40.7. The molecule has 0 aromatic rings. The molecule has 7 unspecified atom stereocenters. The maximum atomic E-state index is 13.1. The third kappa shape index (κ3) is 50.3. The van der Waals surface area contributed by atoms with Gasteiger partial charge in [0.05, 0.1) is 32.0 Å². The van der Waals surface area contributed by atoms with Gasteiger partial charge in [-0.05, 0) is 89.9 Å². The fourth-order valence-electron chi connectivity index (χ4n) is 11.0. The van der Waals surface area contributed by atoms with Gasteiger partial charge >= 0.3 is 5.97 Å². The van der Waals surface area contributed by atoms with Crippen LogP contribution in [0.4, 0.5) is 0 Å². The van der Waals surface area contributed by atoms with E-state index in [0.717, 1.165) is 64.2 Å². The minimum Gasteiger partial charge on any atom is -0.466 e. The second kappa shape index (κ2) is 61.3. The molecule has 7 atom stereocenters. The van der Waals surface area contributed by atoms with E-state index in [9.17, 15) is 35.1 Å². The molecule has 486 valence electrons. The van der Waals surface area contributed by atoms with Crippen LogP contribution in [-0.2, 0) is 23.8 Å². The number of unbranched alkanes of at least 4 members (excludes halogenated alkanes) is 42. The van der Waals surface area contributed by atoms with E-state index in [4.69, 9.17) is 14.2 Å². The summed E-state index contributed by atoms with van der Waals surface area (Å²) >= 11 is 0. The molecular weight excluding hydrogens is 1040 g/mol. The number of aliphatic hydroxyl groups excluding tert-OH is 5. The summed E-state index contributed by atoms with van der Waals surface area (Å²) in [5, 5.41) is 54.5. The zero-order valence-electron chi connectivity index (χ0n) is 53.9. The van der Waals surface area contributed by atoms with Crippen LogP contribution in [0.1, 0.15) is 335 Å². The number of allylic oxidation sites excluding steroid dienone is 7. The van der Waals surface area contributed by atoms with E-state index < -0.39 is 49.5 Å². The molecule has 0 spiro atoms. The summed E-state index contributed by atoms with van der Waals surface area (Å²) in [6.07, 6.45) is 69.6. The Bertz CT molecular complexity index is 1520. The lowest BCUT2D eigenvalue weighted by Crippen LogP contribution is -2.60. The Labute approximate surface area is 510 Å². The Hall–Kier alpha value is -2.38. The average molecular weight is 1170 g/mol. The molecule has 6 N–H and O–H groups in total. The van der Waals surface area contributed by atoms with Crippen molar-refractivity contribution >= 4 is 11.9 Å². The van der Waals surface area contributed by atoms with Crippen molar-refractivity contribution < 1.29 is 49.3 Å². The number of nitrogens with one attached hydrogen (secondary N) is 1. The predicted molar refractivity (Wildman–Crippen MR) is 347 cm³/mol. The first-order valence-electron chi connectivity index (χ1n) is 35.4. The summed E-state index contributed by atoms with van der Waals surface area (Å²) in [6.45, 7) is 4.33. The molecule has 1 fully saturated rings. The lowest BCUT2D eigenvalue weighted by atomic mass is 9.99. The van der Waals surface area contributed by atoms with Crippen molar-refractivity contribution in [2.24, 2.45) is 0 Å². The molecule has 0 radical (unpaired) electrons. The summed E-state index contributed by atoms with van der Waals surface area (Å²) < 4.78 is 16.7. The van der Waals surface area contributed by atoms with Gasteiger partial charge in [-0.1, -0.05) is 281 Å². The molecule has 1 aliphatic rings. The van der Waals surface area contributed by atoms with Crippen LogP contribution in [0.2, 0.25) is 0 Å². The van der Waals surface area contributed by atoms with E-state index in [1.54, 1.807) is 6.08 Å².